The van der Waals surface area contributed by atoms with Crippen molar-refractivity contribution in [3.8, 4) is 0 Å². The van der Waals surface area contributed by atoms with Crippen LogP contribution < -0.4 is 10.7 Å². The number of allylic oxidation sites excluding steroid dienone is 3. The minimum absolute atomic E-state index is 0.621. The first-order valence-corrected chi connectivity index (χ1v) is 6.81. The van der Waals surface area contributed by atoms with E-state index in [0.29, 0.717) is 6.54 Å². The van der Waals surface area contributed by atoms with E-state index in [2.05, 4.69) is 28.4 Å². The fourth-order valence-electron chi connectivity index (χ4n) is 1.90. The summed E-state index contributed by atoms with van der Waals surface area (Å²) < 4.78 is 0. The molecule has 0 fully saturated rings. The Hall–Kier alpha value is -2.09. The Kier molecular flexibility index (Phi) is 3.32. The lowest BCUT2D eigenvalue weighted by Gasteiger charge is -2.04. The van der Waals surface area contributed by atoms with E-state index in [4.69, 9.17) is 0 Å². The van der Waals surface area contributed by atoms with Gasteiger partial charge < -0.3 is 0 Å². The SMILES string of the molecule is C=C1/C=c2/cccn/c2=N/CC2=C(C=C=CC=C2)S1. The third-order valence-electron chi connectivity index (χ3n) is 2.79. The van der Waals surface area contributed by atoms with E-state index < -0.39 is 0 Å². The molecule has 0 aromatic carbocycles. The van der Waals surface area contributed by atoms with Gasteiger partial charge in [0.15, 0.2) is 5.49 Å². The summed E-state index contributed by atoms with van der Waals surface area (Å²) in [6, 6.07) is 3.93. The first kappa shape index (κ1) is 12.0. The van der Waals surface area contributed by atoms with Gasteiger partial charge in [0.2, 0.25) is 0 Å². The average Bonchev–Trinajstić information content (AvgIpc) is 2.59. The van der Waals surface area contributed by atoms with Gasteiger partial charge in [-0.15, -0.1) is 5.73 Å². The molecule has 3 heteroatoms. The van der Waals surface area contributed by atoms with Gasteiger partial charge in [0.05, 0.1) is 6.54 Å². The minimum atomic E-state index is 0.621. The molecule has 0 unspecified atom stereocenters. The highest BCUT2D eigenvalue weighted by molar-refractivity contribution is 8.07. The first-order valence-electron chi connectivity index (χ1n) is 5.99. The topological polar surface area (TPSA) is 25.2 Å². The standard InChI is InChI=1S/C16H12N2S/c1-12-10-13-7-5-9-17-16(13)18-11-14-6-3-2-4-8-15(14)19-12/h2-3,5-10H,1,11H2/b13-10-,18-16+. The van der Waals surface area contributed by atoms with Gasteiger partial charge in [0, 0.05) is 21.2 Å². The predicted molar refractivity (Wildman–Crippen MR) is 79.9 cm³/mol. The second kappa shape index (κ2) is 5.27. The molecule has 1 aromatic heterocycles. The second-order valence-corrected chi connectivity index (χ2v) is 5.34. The molecule has 2 heterocycles. The fraction of sp³-hybridized carbons (Fsp3) is 0.0625. The molecule has 0 spiro atoms. The van der Waals surface area contributed by atoms with Gasteiger partial charge in [-0.2, -0.15) is 0 Å². The quantitative estimate of drug-likeness (QED) is 0.672. The highest BCUT2D eigenvalue weighted by atomic mass is 32.2. The van der Waals surface area contributed by atoms with Crippen molar-refractivity contribution in [2.75, 3.05) is 6.54 Å². The molecule has 1 aliphatic carbocycles. The van der Waals surface area contributed by atoms with Gasteiger partial charge >= 0.3 is 0 Å². The molecule has 1 aliphatic heterocycles. The molecular formula is C16H12N2S. The summed E-state index contributed by atoms with van der Waals surface area (Å²) in [6.07, 6.45) is 11.7. The fourth-order valence-corrected chi connectivity index (χ4v) is 2.76. The number of fused-ring (bicyclic) bond motifs is 1. The summed E-state index contributed by atoms with van der Waals surface area (Å²) in [5.74, 6) is 0. The van der Waals surface area contributed by atoms with Crippen LogP contribution in [-0.4, -0.2) is 11.5 Å². The maximum Gasteiger partial charge on any atom is 0.154 e. The zero-order valence-electron chi connectivity index (χ0n) is 10.3. The predicted octanol–water partition coefficient (Wildman–Crippen LogP) is 2.28. The smallest absolute Gasteiger partial charge is 0.154 e. The summed E-state index contributed by atoms with van der Waals surface area (Å²) >= 11 is 1.65. The normalized spacial score (nSPS) is 20.9. The van der Waals surface area contributed by atoms with Crippen molar-refractivity contribution in [1.29, 1.82) is 0 Å². The lowest BCUT2D eigenvalue weighted by atomic mass is 10.2. The van der Waals surface area contributed by atoms with Crippen molar-refractivity contribution in [3.05, 3.63) is 81.0 Å². The zero-order chi connectivity index (χ0) is 13.1. The summed E-state index contributed by atoms with van der Waals surface area (Å²) in [5, 5.41) is 1.01. The van der Waals surface area contributed by atoms with Crippen molar-refractivity contribution >= 4 is 17.8 Å². The molecule has 0 amide bonds. The Bertz CT molecular complexity index is 775. The maximum absolute atomic E-state index is 4.60. The van der Waals surface area contributed by atoms with Crippen molar-refractivity contribution in [3.63, 3.8) is 0 Å². The summed E-state index contributed by atoms with van der Waals surface area (Å²) in [7, 11) is 0. The summed E-state index contributed by atoms with van der Waals surface area (Å²) in [5.41, 5.74) is 5.07. The molecular weight excluding hydrogens is 252 g/mol. The van der Waals surface area contributed by atoms with Gasteiger partial charge in [0.25, 0.3) is 0 Å². The van der Waals surface area contributed by atoms with Crippen LogP contribution in [0.5, 0.6) is 0 Å². The maximum atomic E-state index is 4.60. The molecule has 0 saturated heterocycles. The Morgan fingerprint density at radius 2 is 2.32 bits per heavy atom. The number of hydrogen-bond acceptors (Lipinski definition) is 3. The molecule has 92 valence electrons. The molecule has 0 saturated carbocycles. The molecule has 0 bridgehead atoms. The Morgan fingerprint density at radius 1 is 1.37 bits per heavy atom. The van der Waals surface area contributed by atoms with Gasteiger partial charge in [-0.05, 0) is 35.9 Å². The average molecular weight is 264 g/mol. The van der Waals surface area contributed by atoms with Crippen LogP contribution in [0.25, 0.3) is 6.08 Å². The van der Waals surface area contributed by atoms with Gasteiger partial charge in [-0.25, -0.2) is 4.98 Å². The lowest BCUT2D eigenvalue weighted by Crippen LogP contribution is -2.28. The number of aromatic nitrogens is 1. The van der Waals surface area contributed by atoms with Crippen LogP contribution >= 0.6 is 11.8 Å². The van der Waals surface area contributed by atoms with Gasteiger partial charge in [-0.3, -0.25) is 4.99 Å². The van der Waals surface area contributed by atoms with E-state index in [1.807, 2.05) is 36.4 Å². The molecule has 0 atom stereocenters. The molecule has 0 N–H and O–H groups in total. The molecule has 3 rings (SSSR count). The van der Waals surface area contributed by atoms with Crippen LogP contribution in [0.4, 0.5) is 0 Å². The molecule has 2 nitrogen and oxygen atoms in total. The van der Waals surface area contributed by atoms with Crippen LogP contribution in [0.15, 0.2) is 75.3 Å². The van der Waals surface area contributed by atoms with E-state index in [-0.39, 0.29) is 0 Å². The second-order valence-electron chi connectivity index (χ2n) is 4.17. The van der Waals surface area contributed by atoms with E-state index in [1.54, 1.807) is 18.0 Å². The number of thioether (sulfide) groups is 1. The number of nitrogens with zero attached hydrogens (tertiary/aromatic N) is 2. The van der Waals surface area contributed by atoms with E-state index in [9.17, 15) is 0 Å². The first-order chi connectivity index (χ1) is 9.33. The third-order valence-corrected chi connectivity index (χ3v) is 3.77. The van der Waals surface area contributed by atoms with E-state index >= 15 is 0 Å². The van der Waals surface area contributed by atoms with Crippen LogP contribution in [0.1, 0.15) is 0 Å². The van der Waals surface area contributed by atoms with Crippen LogP contribution in [0, 0.1) is 0 Å². The highest BCUT2D eigenvalue weighted by Crippen LogP contribution is 2.30. The minimum Gasteiger partial charge on any atom is -0.261 e. The third kappa shape index (κ3) is 2.68. The van der Waals surface area contributed by atoms with Crippen molar-refractivity contribution in [2.24, 2.45) is 4.99 Å². The Labute approximate surface area is 116 Å². The lowest BCUT2D eigenvalue weighted by molar-refractivity contribution is 1.02. The van der Waals surface area contributed by atoms with Gasteiger partial charge in [0.1, 0.15) is 0 Å². The number of pyridine rings is 1. The van der Waals surface area contributed by atoms with Crippen molar-refractivity contribution < 1.29 is 0 Å². The zero-order valence-corrected chi connectivity index (χ0v) is 11.2. The largest absolute Gasteiger partial charge is 0.261 e. The van der Waals surface area contributed by atoms with Crippen LogP contribution in [0.2, 0.25) is 0 Å². The number of hydrogen-bond donors (Lipinski definition) is 0. The van der Waals surface area contributed by atoms with Crippen molar-refractivity contribution in [1.82, 2.24) is 4.98 Å². The Balaban J connectivity index is 2.18. The highest BCUT2D eigenvalue weighted by Gasteiger charge is 2.07. The number of rotatable bonds is 0. The van der Waals surface area contributed by atoms with Crippen LogP contribution in [0.3, 0.4) is 0 Å². The molecule has 19 heavy (non-hydrogen) atoms. The van der Waals surface area contributed by atoms with E-state index in [1.165, 1.54) is 5.57 Å². The monoisotopic (exact) mass is 264 g/mol. The summed E-state index contributed by atoms with van der Waals surface area (Å²) in [4.78, 5) is 11.0. The van der Waals surface area contributed by atoms with E-state index in [0.717, 1.165) is 20.5 Å². The summed E-state index contributed by atoms with van der Waals surface area (Å²) in [6.45, 7) is 4.72. The van der Waals surface area contributed by atoms with Gasteiger partial charge in [-0.1, -0.05) is 30.5 Å². The molecule has 0 radical (unpaired) electrons. The Morgan fingerprint density at radius 3 is 3.26 bits per heavy atom. The van der Waals surface area contributed by atoms with Crippen LogP contribution in [-0.2, 0) is 0 Å². The molecule has 1 aromatic rings. The molecule has 2 aliphatic rings. The van der Waals surface area contributed by atoms with Crippen molar-refractivity contribution in [2.45, 2.75) is 0 Å².